The van der Waals surface area contributed by atoms with Crippen LogP contribution in [0, 0.1) is 0 Å². The number of carbonyl (C=O) groups excluding carboxylic acids is 3. The van der Waals surface area contributed by atoms with E-state index in [2.05, 4.69) is 16.0 Å². The van der Waals surface area contributed by atoms with Gasteiger partial charge in [0.2, 0.25) is 0 Å². The van der Waals surface area contributed by atoms with Crippen LogP contribution < -0.4 is 21.7 Å². The van der Waals surface area contributed by atoms with Crippen molar-refractivity contribution < 1.29 is 14.4 Å². The Balaban J connectivity index is 1.39. The van der Waals surface area contributed by atoms with Gasteiger partial charge in [-0.25, -0.2) is 0 Å². The van der Waals surface area contributed by atoms with Gasteiger partial charge >= 0.3 is 0 Å². The second-order valence-electron chi connectivity index (χ2n) is 7.92. The van der Waals surface area contributed by atoms with Crippen molar-refractivity contribution in [3.63, 3.8) is 0 Å². The molecule has 0 atom stereocenters. The molecule has 0 bridgehead atoms. The molecule has 1 aliphatic rings. The molecule has 0 aromatic heterocycles. The number of hydrogen-bond acceptors (Lipinski definition) is 6. The lowest BCUT2D eigenvalue weighted by atomic mass is 9.83. The van der Waals surface area contributed by atoms with E-state index in [4.69, 9.17) is 5.73 Å². The minimum absolute atomic E-state index is 0.181. The lowest BCUT2D eigenvalue weighted by Gasteiger charge is -2.18. The van der Waals surface area contributed by atoms with E-state index in [1.54, 1.807) is 36.4 Å². The van der Waals surface area contributed by atoms with Gasteiger partial charge in [-0.15, -0.1) is 0 Å². The highest BCUT2D eigenvalue weighted by Gasteiger charge is 2.29. The predicted octanol–water partition coefficient (Wildman–Crippen LogP) is 1.89. The quantitative estimate of drug-likeness (QED) is 0.304. The first-order valence-electron chi connectivity index (χ1n) is 11.4. The van der Waals surface area contributed by atoms with Gasteiger partial charge in [0.1, 0.15) is 0 Å². The van der Waals surface area contributed by atoms with Crippen LogP contribution in [0.2, 0.25) is 0 Å². The lowest BCUT2D eigenvalue weighted by molar-refractivity contribution is 0.0950. The van der Waals surface area contributed by atoms with Crippen LogP contribution in [-0.4, -0.2) is 56.7 Å². The van der Waals surface area contributed by atoms with Crippen LogP contribution in [0.25, 0.3) is 0 Å². The zero-order valence-electron chi connectivity index (χ0n) is 18.4. The monoisotopic (exact) mass is 436 g/mol. The van der Waals surface area contributed by atoms with Crippen LogP contribution in [0.3, 0.4) is 0 Å². The lowest BCUT2D eigenvalue weighted by Crippen LogP contribution is -2.28. The van der Waals surface area contributed by atoms with Gasteiger partial charge in [0.15, 0.2) is 11.6 Å². The Morgan fingerprint density at radius 3 is 1.91 bits per heavy atom. The van der Waals surface area contributed by atoms with Gasteiger partial charge < -0.3 is 21.7 Å². The second kappa shape index (κ2) is 12.2. The second-order valence-corrected chi connectivity index (χ2v) is 7.92. The summed E-state index contributed by atoms with van der Waals surface area (Å²) in [5, 5.41) is 9.63. The summed E-state index contributed by atoms with van der Waals surface area (Å²) in [4.78, 5) is 38.0. The van der Waals surface area contributed by atoms with Crippen molar-refractivity contribution >= 4 is 17.5 Å². The fourth-order valence-corrected chi connectivity index (χ4v) is 3.74. The smallest absolute Gasteiger partial charge is 0.251 e. The molecular weight excluding hydrogens is 404 g/mol. The Hall–Kier alpha value is -2.87. The molecule has 7 heteroatoms. The predicted molar refractivity (Wildman–Crippen MR) is 125 cm³/mol. The number of benzene rings is 2. The van der Waals surface area contributed by atoms with Crippen LogP contribution in [0.1, 0.15) is 67.9 Å². The molecule has 0 saturated carbocycles. The number of unbranched alkanes of at least 4 members (excludes halogenated alkanes) is 1. The third-order valence-electron chi connectivity index (χ3n) is 5.52. The highest BCUT2D eigenvalue weighted by molar-refractivity contribution is 6.28. The molecule has 1 amide bonds. The number of amides is 1. The van der Waals surface area contributed by atoms with E-state index in [1.807, 2.05) is 0 Å². The average molecular weight is 437 g/mol. The largest absolute Gasteiger partial charge is 0.352 e. The summed E-state index contributed by atoms with van der Waals surface area (Å²) in [6, 6.07) is 11.5. The minimum Gasteiger partial charge on any atom is -0.352 e. The van der Waals surface area contributed by atoms with Gasteiger partial charge in [0.25, 0.3) is 5.91 Å². The van der Waals surface area contributed by atoms with Gasteiger partial charge in [-0.05, 0) is 76.6 Å². The number of ketones is 2. The van der Waals surface area contributed by atoms with Crippen molar-refractivity contribution in [1.29, 1.82) is 0 Å². The van der Waals surface area contributed by atoms with Crippen LogP contribution in [0.5, 0.6) is 0 Å². The van der Waals surface area contributed by atoms with Crippen LogP contribution in [-0.2, 0) is 0 Å². The molecule has 2 aromatic rings. The Kier molecular flexibility index (Phi) is 9.10. The van der Waals surface area contributed by atoms with E-state index in [9.17, 15) is 14.4 Å². The Bertz CT molecular complexity index is 958. The van der Waals surface area contributed by atoms with Crippen LogP contribution >= 0.6 is 0 Å². The number of nitrogens with two attached hydrogens (primary N) is 1. The molecule has 0 fully saturated rings. The van der Waals surface area contributed by atoms with Crippen molar-refractivity contribution in [2.75, 3.05) is 39.3 Å². The van der Waals surface area contributed by atoms with Crippen molar-refractivity contribution in [3.05, 3.63) is 70.3 Å². The molecule has 0 saturated heterocycles. The number of hydrogen-bond donors (Lipinski definition) is 4. The number of carbonyl (C=O) groups is 3. The number of rotatable bonds is 13. The van der Waals surface area contributed by atoms with Crippen molar-refractivity contribution in [2.24, 2.45) is 5.73 Å². The summed E-state index contributed by atoms with van der Waals surface area (Å²) in [6.45, 7) is 5.04. The summed E-state index contributed by atoms with van der Waals surface area (Å²) < 4.78 is 0. The maximum Gasteiger partial charge on any atom is 0.251 e. The van der Waals surface area contributed by atoms with Gasteiger partial charge in [-0.1, -0.05) is 24.3 Å². The van der Waals surface area contributed by atoms with E-state index in [0.717, 1.165) is 58.4 Å². The Labute approximate surface area is 189 Å². The molecule has 0 unspecified atom stereocenters. The number of fused-ring (bicyclic) bond motifs is 2. The first-order valence-corrected chi connectivity index (χ1v) is 11.4. The van der Waals surface area contributed by atoms with Crippen molar-refractivity contribution in [2.45, 2.75) is 25.7 Å². The maximum atomic E-state index is 12.8. The zero-order valence-corrected chi connectivity index (χ0v) is 18.4. The van der Waals surface area contributed by atoms with Crippen LogP contribution in [0.15, 0.2) is 42.5 Å². The van der Waals surface area contributed by atoms with E-state index < -0.39 is 0 Å². The molecule has 170 valence electrons. The molecule has 0 heterocycles. The Morgan fingerprint density at radius 1 is 0.688 bits per heavy atom. The molecule has 7 nitrogen and oxygen atoms in total. The van der Waals surface area contributed by atoms with Gasteiger partial charge in [-0.2, -0.15) is 0 Å². The average Bonchev–Trinajstić information content (AvgIpc) is 2.82. The fourth-order valence-electron chi connectivity index (χ4n) is 3.74. The molecule has 0 spiro atoms. The summed E-state index contributed by atoms with van der Waals surface area (Å²) in [5.74, 6) is -0.640. The van der Waals surface area contributed by atoms with Crippen molar-refractivity contribution in [3.8, 4) is 0 Å². The molecule has 3 rings (SSSR count). The molecule has 32 heavy (non-hydrogen) atoms. The highest BCUT2D eigenvalue weighted by Crippen LogP contribution is 2.27. The normalized spacial score (nSPS) is 12.4. The summed E-state index contributed by atoms with van der Waals surface area (Å²) in [5.41, 5.74) is 7.29. The molecular formula is C25H32N4O3. The van der Waals surface area contributed by atoms with E-state index >= 15 is 0 Å². The fraction of sp³-hybridized carbons (Fsp3) is 0.400. The van der Waals surface area contributed by atoms with Crippen LogP contribution in [0.4, 0.5) is 0 Å². The minimum atomic E-state index is -0.240. The van der Waals surface area contributed by atoms with Gasteiger partial charge in [-0.3, -0.25) is 14.4 Å². The Morgan fingerprint density at radius 2 is 1.25 bits per heavy atom. The summed E-state index contributed by atoms with van der Waals surface area (Å²) >= 11 is 0. The molecule has 0 aliphatic heterocycles. The standard InChI is InChI=1S/C25H32N4O3/c26-11-5-14-27-12-3-4-13-28-15-6-16-29-25(32)18-9-10-21-22(17-18)24(31)20-8-2-1-7-19(20)23(21)30/h1-2,7-10,17,27-28H,3-6,11-16,26H2,(H,29,32). The van der Waals surface area contributed by atoms with Crippen molar-refractivity contribution in [1.82, 2.24) is 16.0 Å². The van der Waals surface area contributed by atoms with E-state index in [-0.39, 0.29) is 17.5 Å². The summed E-state index contributed by atoms with van der Waals surface area (Å²) in [6.07, 6.45) is 4.05. The zero-order chi connectivity index (χ0) is 22.8. The third kappa shape index (κ3) is 6.09. The van der Waals surface area contributed by atoms with Gasteiger partial charge in [0, 0.05) is 34.4 Å². The molecule has 0 radical (unpaired) electrons. The first kappa shape index (κ1) is 23.8. The third-order valence-corrected chi connectivity index (χ3v) is 5.52. The maximum absolute atomic E-state index is 12.8. The van der Waals surface area contributed by atoms with E-state index in [1.165, 1.54) is 6.07 Å². The number of nitrogens with one attached hydrogen (secondary N) is 3. The SMILES string of the molecule is NCCCNCCCCNCCCNC(=O)c1ccc2c(c1)C(=O)c1ccccc1C2=O. The van der Waals surface area contributed by atoms with Gasteiger partial charge in [0.05, 0.1) is 0 Å². The summed E-state index contributed by atoms with van der Waals surface area (Å²) in [7, 11) is 0. The van der Waals surface area contributed by atoms with E-state index in [0.29, 0.717) is 34.4 Å². The molecule has 5 N–H and O–H groups in total. The first-order chi connectivity index (χ1) is 15.6. The molecule has 2 aromatic carbocycles. The highest BCUT2D eigenvalue weighted by atomic mass is 16.2. The topological polar surface area (TPSA) is 113 Å². The molecule has 1 aliphatic carbocycles.